The number of aryl methyl sites for hydroxylation is 1. The quantitative estimate of drug-likeness (QED) is 0.482. The minimum Gasteiger partial charge on any atom is -0.494 e. The second-order valence-corrected chi connectivity index (χ2v) is 8.18. The summed E-state index contributed by atoms with van der Waals surface area (Å²) in [6.45, 7) is 8.82. The van der Waals surface area contributed by atoms with Crippen LogP contribution in [0.4, 0.5) is 4.79 Å². The molecule has 170 valence electrons. The van der Waals surface area contributed by atoms with Crippen molar-refractivity contribution in [1.82, 2.24) is 9.88 Å². The van der Waals surface area contributed by atoms with Crippen molar-refractivity contribution < 1.29 is 23.8 Å². The number of nitrogens with zero attached hydrogens (tertiary/aromatic N) is 1. The van der Waals surface area contributed by atoms with Crippen molar-refractivity contribution in [2.45, 2.75) is 59.1 Å². The molecule has 0 fully saturated rings. The first kappa shape index (κ1) is 24.2. The number of esters is 1. The Morgan fingerprint density at radius 2 is 1.87 bits per heavy atom. The molecule has 1 aromatic carbocycles. The van der Waals surface area contributed by atoms with Crippen LogP contribution in [0.3, 0.4) is 0 Å². The Labute approximate surface area is 182 Å². The van der Waals surface area contributed by atoms with Gasteiger partial charge in [-0.2, -0.15) is 0 Å². The fourth-order valence-electron chi connectivity index (χ4n) is 3.09. The Morgan fingerprint density at radius 1 is 1.13 bits per heavy atom. The van der Waals surface area contributed by atoms with E-state index in [2.05, 4.69) is 10.1 Å². The van der Waals surface area contributed by atoms with Crippen molar-refractivity contribution in [2.75, 3.05) is 20.3 Å². The van der Waals surface area contributed by atoms with Crippen molar-refractivity contribution in [3.05, 3.63) is 40.2 Å². The summed E-state index contributed by atoms with van der Waals surface area (Å²) in [7, 11) is 1.30. The highest BCUT2D eigenvalue weighted by atomic mass is 16.6. The fourth-order valence-corrected chi connectivity index (χ4v) is 3.09. The third-order valence-electron chi connectivity index (χ3n) is 4.53. The van der Waals surface area contributed by atoms with E-state index in [1.54, 1.807) is 10.6 Å². The second-order valence-electron chi connectivity index (χ2n) is 8.18. The van der Waals surface area contributed by atoms with Crippen LogP contribution in [-0.2, 0) is 27.2 Å². The average molecular weight is 433 g/mol. The van der Waals surface area contributed by atoms with E-state index in [4.69, 9.17) is 9.47 Å². The molecule has 2 aromatic rings. The molecule has 8 heteroatoms. The molecule has 1 amide bonds. The summed E-state index contributed by atoms with van der Waals surface area (Å²) in [6, 6.07) is 7.28. The zero-order valence-electron chi connectivity index (χ0n) is 18.9. The molecule has 0 saturated heterocycles. The lowest BCUT2D eigenvalue weighted by molar-refractivity contribution is -0.139. The molecule has 1 N–H and O–H groups in total. The van der Waals surface area contributed by atoms with E-state index in [1.807, 2.05) is 45.9 Å². The summed E-state index contributed by atoms with van der Waals surface area (Å²) in [5.74, 6) is 0.218. The predicted octanol–water partition coefficient (Wildman–Crippen LogP) is 3.42. The topological polar surface area (TPSA) is 95.9 Å². The van der Waals surface area contributed by atoms with Crippen LogP contribution >= 0.6 is 0 Å². The van der Waals surface area contributed by atoms with Crippen LogP contribution in [0.5, 0.6) is 5.75 Å². The first-order valence-corrected chi connectivity index (χ1v) is 10.5. The largest absolute Gasteiger partial charge is 0.494 e. The van der Waals surface area contributed by atoms with Gasteiger partial charge in [-0.1, -0.05) is 0 Å². The minimum absolute atomic E-state index is 0.0547. The highest BCUT2D eigenvalue weighted by Crippen LogP contribution is 2.21. The van der Waals surface area contributed by atoms with E-state index in [0.717, 1.165) is 23.7 Å². The number of methoxy groups -OCH3 is 1. The summed E-state index contributed by atoms with van der Waals surface area (Å²) in [6.07, 6.45) is 1.03. The van der Waals surface area contributed by atoms with Crippen molar-refractivity contribution in [3.8, 4) is 5.75 Å². The number of pyridine rings is 1. The number of carbonyl (C=O) groups is 2. The molecule has 31 heavy (non-hydrogen) atoms. The SMILES string of the molecule is CCn1c(=O)c(CC(=O)OC)cc2ccc(OCCCCNC(=O)OC(C)(C)C)cc21. The van der Waals surface area contributed by atoms with Gasteiger partial charge in [0.1, 0.15) is 11.4 Å². The van der Waals surface area contributed by atoms with Crippen LogP contribution in [0, 0.1) is 0 Å². The molecule has 0 spiro atoms. The predicted molar refractivity (Wildman–Crippen MR) is 119 cm³/mol. The average Bonchev–Trinajstić information content (AvgIpc) is 2.70. The van der Waals surface area contributed by atoms with E-state index in [-0.39, 0.29) is 12.0 Å². The van der Waals surface area contributed by atoms with Gasteiger partial charge < -0.3 is 24.1 Å². The standard InChI is InChI=1S/C23H32N2O6/c1-6-25-19-15-18(30-12-8-7-11-24-22(28)31-23(2,3)4)10-9-16(19)13-17(21(25)27)14-20(26)29-5/h9-10,13,15H,6-8,11-12,14H2,1-5H3,(H,24,28). The number of fused-ring (bicyclic) bond motifs is 1. The van der Waals surface area contributed by atoms with Crippen LogP contribution in [0.15, 0.2) is 29.1 Å². The lowest BCUT2D eigenvalue weighted by Gasteiger charge is -2.19. The number of carbonyl (C=O) groups excluding carboxylic acids is 2. The molecule has 8 nitrogen and oxygen atoms in total. The summed E-state index contributed by atoms with van der Waals surface area (Å²) < 4.78 is 17.3. The number of aromatic nitrogens is 1. The molecule has 1 heterocycles. The fraction of sp³-hybridized carbons (Fsp3) is 0.522. The molecule has 0 unspecified atom stereocenters. The highest BCUT2D eigenvalue weighted by molar-refractivity contribution is 5.82. The zero-order valence-corrected chi connectivity index (χ0v) is 18.9. The maximum atomic E-state index is 12.7. The second kappa shape index (κ2) is 10.8. The third kappa shape index (κ3) is 7.31. The number of nitrogens with one attached hydrogen (secondary N) is 1. The first-order chi connectivity index (χ1) is 14.6. The molecular formula is C23H32N2O6. The van der Waals surface area contributed by atoms with Gasteiger partial charge in [-0.3, -0.25) is 9.59 Å². The molecule has 0 aliphatic carbocycles. The van der Waals surface area contributed by atoms with Gasteiger partial charge in [-0.25, -0.2) is 4.79 Å². The van der Waals surface area contributed by atoms with E-state index in [0.29, 0.717) is 31.0 Å². The number of ether oxygens (including phenoxy) is 3. The van der Waals surface area contributed by atoms with Gasteiger partial charge in [0.25, 0.3) is 5.56 Å². The Morgan fingerprint density at radius 3 is 2.52 bits per heavy atom. The summed E-state index contributed by atoms with van der Waals surface area (Å²) in [5.41, 5.74) is 0.450. The monoisotopic (exact) mass is 432 g/mol. The maximum Gasteiger partial charge on any atom is 0.407 e. The summed E-state index contributed by atoms with van der Waals surface area (Å²) >= 11 is 0. The third-order valence-corrected chi connectivity index (χ3v) is 4.53. The van der Waals surface area contributed by atoms with Crippen molar-refractivity contribution in [3.63, 3.8) is 0 Å². The van der Waals surface area contributed by atoms with Crippen LogP contribution in [0.2, 0.25) is 0 Å². The highest BCUT2D eigenvalue weighted by Gasteiger charge is 2.15. The van der Waals surface area contributed by atoms with Crippen LogP contribution in [-0.4, -0.2) is 42.5 Å². The zero-order chi connectivity index (χ0) is 23.0. The molecule has 0 aliphatic heterocycles. The number of alkyl carbamates (subject to hydrolysis) is 1. The molecule has 0 saturated carbocycles. The van der Waals surface area contributed by atoms with Crippen LogP contribution in [0.1, 0.15) is 46.1 Å². The lowest BCUT2D eigenvalue weighted by Crippen LogP contribution is -2.33. The van der Waals surface area contributed by atoms with Crippen molar-refractivity contribution in [1.29, 1.82) is 0 Å². The molecule has 0 radical (unpaired) electrons. The normalized spacial score (nSPS) is 11.3. The number of rotatable bonds is 9. The Kier molecular flexibility index (Phi) is 8.47. The maximum absolute atomic E-state index is 12.7. The molecule has 2 rings (SSSR count). The number of hydrogen-bond donors (Lipinski definition) is 1. The lowest BCUT2D eigenvalue weighted by atomic mass is 10.1. The van der Waals surface area contributed by atoms with Gasteiger partial charge in [-0.15, -0.1) is 0 Å². The molecule has 0 atom stereocenters. The van der Waals surface area contributed by atoms with E-state index < -0.39 is 17.7 Å². The summed E-state index contributed by atoms with van der Waals surface area (Å²) in [4.78, 5) is 35.9. The van der Waals surface area contributed by atoms with E-state index in [1.165, 1.54) is 7.11 Å². The number of hydrogen-bond acceptors (Lipinski definition) is 6. The van der Waals surface area contributed by atoms with Gasteiger partial charge >= 0.3 is 12.1 Å². The smallest absolute Gasteiger partial charge is 0.407 e. The molecule has 0 aliphatic rings. The van der Waals surface area contributed by atoms with Gasteiger partial charge in [0.2, 0.25) is 0 Å². The van der Waals surface area contributed by atoms with Crippen molar-refractivity contribution >= 4 is 23.0 Å². The Hall–Kier alpha value is -3.03. The number of amides is 1. The van der Waals surface area contributed by atoms with Crippen LogP contribution < -0.4 is 15.6 Å². The molecule has 1 aromatic heterocycles. The van der Waals surface area contributed by atoms with E-state index >= 15 is 0 Å². The van der Waals surface area contributed by atoms with Gasteiger partial charge in [0.15, 0.2) is 0 Å². The van der Waals surface area contributed by atoms with Gasteiger partial charge in [-0.05, 0) is 64.1 Å². The summed E-state index contributed by atoms with van der Waals surface area (Å²) in [5, 5.41) is 3.57. The number of unbranched alkanes of at least 4 members (excludes halogenated alkanes) is 1. The van der Waals surface area contributed by atoms with Crippen molar-refractivity contribution in [2.24, 2.45) is 0 Å². The molecule has 0 bridgehead atoms. The number of benzene rings is 1. The minimum atomic E-state index is -0.511. The van der Waals surface area contributed by atoms with Gasteiger partial charge in [0.05, 0.1) is 25.7 Å². The van der Waals surface area contributed by atoms with Gasteiger partial charge in [0, 0.05) is 24.7 Å². The molecular weight excluding hydrogens is 400 g/mol. The van der Waals surface area contributed by atoms with Crippen LogP contribution in [0.25, 0.3) is 10.9 Å². The van der Waals surface area contributed by atoms with E-state index in [9.17, 15) is 14.4 Å². The Balaban J connectivity index is 1.95. The Bertz CT molecular complexity index is 974. The first-order valence-electron chi connectivity index (χ1n) is 10.5.